The largest absolute Gasteiger partial charge is 0.457 e. The van der Waals surface area contributed by atoms with E-state index in [4.69, 9.17) is 4.74 Å². The van der Waals surface area contributed by atoms with E-state index in [9.17, 15) is 4.39 Å². The molecule has 0 amide bonds. The van der Waals surface area contributed by atoms with Crippen LogP contribution in [0.25, 0.3) is 0 Å². The van der Waals surface area contributed by atoms with Crippen molar-refractivity contribution in [3.05, 3.63) is 59.4 Å². The fraction of sp³-hybridized carbons (Fsp3) is 0.250. The van der Waals surface area contributed by atoms with Crippen LogP contribution < -0.4 is 10.1 Å². The van der Waals surface area contributed by atoms with Gasteiger partial charge in [-0.2, -0.15) is 0 Å². The van der Waals surface area contributed by atoms with Crippen molar-refractivity contribution >= 4 is 0 Å². The Bertz CT molecular complexity index is 551. The van der Waals surface area contributed by atoms with Crippen molar-refractivity contribution in [2.45, 2.75) is 19.9 Å². The second-order valence-corrected chi connectivity index (χ2v) is 4.58. The molecule has 0 heterocycles. The van der Waals surface area contributed by atoms with Crippen LogP contribution in [0.2, 0.25) is 0 Å². The minimum Gasteiger partial charge on any atom is -0.457 e. The van der Waals surface area contributed by atoms with Crippen LogP contribution in [-0.4, -0.2) is 7.05 Å². The highest BCUT2D eigenvalue weighted by atomic mass is 19.1. The maximum atomic E-state index is 13.9. The number of hydrogen-bond acceptors (Lipinski definition) is 2. The second kappa shape index (κ2) is 5.85. The van der Waals surface area contributed by atoms with Crippen LogP contribution in [-0.2, 0) is 0 Å². The lowest BCUT2D eigenvalue weighted by Gasteiger charge is -2.17. The highest BCUT2D eigenvalue weighted by molar-refractivity contribution is 5.40. The van der Waals surface area contributed by atoms with Crippen molar-refractivity contribution in [1.82, 2.24) is 5.32 Å². The van der Waals surface area contributed by atoms with E-state index in [0.717, 1.165) is 5.56 Å². The molecule has 0 saturated heterocycles. The molecule has 0 aliphatic carbocycles. The Kier molecular flexibility index (Phi) is 4.17. The molecule has 100 valence electrons. The van der Waals surface area contributed by atoms with Crippen molar-refractivity contribution in [3.63, 3.8) is 0 Å². The van der Waals surface area contributed by atoms with Crippen LogP contribution in [0.4, 0.5) is 4.39 Å². The molecule has 1 N–H and O–H groups in total. The lowest BCUT2D eigenvalue weighted by atomic mass is 10.1. The Hall–Kier alpha value is -1.87. The van der Waals surface area contributed by atoms with Gasteiger partial charge in [0, 0.05) is 11.6 Å². The average Bonchev–Trinajstić information content (AvgIpc) is 2.41. The third kappa shape index (κ3) is 3.12. The molecule has 3 heteroatoms. The quantitative estimate of drug-likeness (QED) is 0.888. The van der Waals surface area contributed by atoms with Crippen LogP contribution in [0.1, 0.15) is 24.1 Å². The van der Waals surface area contributed by atoms with Gasteiger partial charge in [-0.15, -0.1) is 0 Å². The number of halogens is 1. The summed E-state index contributed by atoms with van der Waals surface area (Å²) in [6.07, 6.45) is 0. The van der Waals surface area contributed by atoms with Gasteiger partial charge in [-0.3, -0.25) is 0 Å². The van der Waals surface area contributed by atoms with Gasteiger partial charge in [0.05, 0.1) is 0 Å². The molecule has 0 radical (unpaired) electrons. The zero-order valence-corrected chi connectivity index (χ0v) is 11.4. The summed E-state index contributed by atoms with van der Waals surface area (Å²) < 4.78 is 19.7. The number of nitrogens with one attached hydrogen (secondary N) is 1. The molecular weight excluding hydrogens is 241 g/mol. The summed E-state index contributed by atoms with van der Waals surface area (Å²) in [4.78, 5) is 0. The van der Waals surface area contributed by atoms with E-state index in [2.05, 4.69) is 5.32 Å². The molecule has 0 saturated carbocycles. The number of rotatable bonds is 4. The highest BCUT2D eigenvalue weighted by Gasteiger charge is 2.15. The van der Waals surface area contributed by atoms with Gasteiger partial charge in [-0.25, -0.2) is 4.39 Å². The first-order chi connectivity index (χ1) is 9.11. The van der Waals surface area contributed by atoms with E-state index in [-0.39, 0.29) is 11.9 Å². The lowest BCUT2D eigenvalue weighted by molar-refractivity contribution is 0.452. The Morgan fingerprint density at radius 2 is 1.79 bits per heavy atom. The molecule has 2 rings (SSSR count). The summed E-state index contributed by atoms with van der Waals surface area (Å²) in [6.45, 7) is 3.92. The zero-order chi connectivity index (χ0) is 13.8. The standard InChI is InChI=1S/C16H18FNO/c1-11-7-9-13(10-8-11)19-15-6-4-5-14(17)16(15)12(2)18-3/h4-10,12,18H,1-3H3. The van der Waals surface area contributed by atoms with Crippen LogP contribution in [0.15, 0.2) is 42.5 Å². The minimum absolute atomic E-state index is 0.110. The summed E-state index contributed by atoms with van der Waals surface area (Å²) in [5, 5.41) is 3.04. The van der Waals surface area contributed by atoms with Crippen molar-refractivity contribution in [1.29, 1.82) is 0 Å². The van der Waals surface area contributed by atoms with Crippen LogP contribution in [0.3, 0.4) is 0 Å². The predicted molar refractivity (Wildman–Crippen MR) is 75.1 cm³/mol. The van der Waals surface area contributed by atoms with E-state index in [1.165, 1.54) is 6.07 Å². The Morgan fingerprint density at radius 3 is 2.42 bits per heavy atom. The van der Waals surface area contributed by atoms with E-state index in [0.29, 0.717) is 17.1 Å². The van der Waals surface area contributed by atoms with Crippen molar-refractivity contribution in [3.8, 4) is 11.5 Å². The Morgan fingerprint density at radius 1 is 1.11 bits per heavy atom. The molecule has 1 atom stereocenters. The molecule has 2 aromatic rings. The Labute approximate surface area is 113 Å². The lowest BCUT2D eigenvalue weighted by Crippen LogP contribution is -2.14. The van der Waals surface area contributed by atoms with Crippen molar-refractivity contribution < 1.29 is 9.13 Å². The first kappa shape index (κ1) is 13.6. The summed E-state index contributed by atoms with van der Waals surface area (Å²) in [5.41, 5.74) is 1.71. The smallest absolute Gasteiger partial charge is 0.135 e. The van der Waals surface area contributed by atoms with Gasteiger partial charge in [0.1, 0.15) is 17.3 Å². The highest BCUT2D eigenvalue weighted by Crippen LogP contribution is 2.31. The van der Waals surface area contributed by atoms with E-state index >= 15 is 0 Å². The van der Waals surface area contributed by atoms with Crippen LogP contribution >= 0.6 is 0 Å². The van der Waals surface area contributed by atoms with Crippen LogP contribution in [0, 0.1) is 12.7 Å². The number of hydrogen-bond donors (Lipinski definition) is 1. The number of ether oxygens (including phenoxy) is 1. The summed E-state index contributed by atoms with van der Waals surface area (Å²) in [7, 11) is 1.80. The van der Waals surface area contributed by atoms with E-state index in [1.54, 1.807) is 19.2 Å². The third-order valence-electron chi connectivity index (χ3n) is 3.13. The molecule has 0 spiro atoms. The Balaban J connectivity index is 2.34. The molecule has 2 nitrogen and oxygen atoms in total. The predicted octanol–water partition coefficient (Wildman–Crippen LogP) is 4.21. The molecule has 1 unspecified atom stereocenters. The first-order valence-corrected chi connectivity index (χ1v) is 6.32. The van der Waals surface area contributed by atoms with E-state index in [1.807, 2.05) is 38.1 Å². The van der Waals surface area contributed by atoms with Crippen LogP contribution in [0.5, 0.6) is 11.5 Å². The van der Waals surface area contributed by atoms with Gasteiger partial charge in [-0.1, -0.05) is 23.8 Å². The normalized spacial score (nSPS) is 12.2. The third-order valence-corrected chi connectivity index (χ3v) is 3.13. The molecule has 0 aromatic heterocycles. The molecular formula is C16H18FNO. The summed E-state index contributed by atoms with van der Waals surface area (Å²) >= 11 is 0. The van der Waals surface area contributed by atoms with Gasteiger partial charge < -0.3 is 10.1 Å². The second-order valence-electron chi connectivity index (χ2n) is 4.58. The van der Waals surface area contributed by atoms with Gasteiger partial charge in [0.2, 0.25) is 0 Å². The SMILES string of the molecule is CNC(C)c1c(F)cccc1Oc1ccc(C)cc1. The summed E-state index contributed by atoms with van der Waals surface area (Å²) in [6, 6.07) is 12.5. The number of aryl methyl sites for hydroxylation is 1. The molecule has 19 heavy (non-hydrogen) atoms. The van der Waals surface area contributed by atoms with Gasteiger partial charge in [0.25, 0.3) is 0 Å². The van der Waals surface area contributed by atoms with Crippen molar-refractivity contribution in [2.75, 3.05) is 7.05 Å². The number of benzene rings is 2. The molecule has 0 fully saturated rings. The zero-order valence-electron chi connectivity index (χ0n) is 11.4. The fourth-order valence-electron chi connectivity index (χ4n) is 1.90. The molecule has 0 aliphatic rings. The maximum absolute atomic E-state index is 13.9. The van der Waals surface area contributed by atoms with Crippen molar-refractivity contribution in [2.24, 2.45) is 0 Å². The molecule has 2 aromatic carbocycles. The monoisotopic (exact) mass is 259 g/mol. The van der Waals surface area contributed by atoms with E-state index < -0.39 is 0 Å². The average molecular weight is 259 g/mol. The van der Waals surface area contributed by atoms with Gasteiger partial charge >= 0.3 is 0 Å². The molecule has 0 aliphatic heterocycles. The summed E-state index contributed by atoms with van der Waals surface area (Å²) in [5.74, 6) is 0.998. The first-order valence-electron chi connectivity index (χ1n) is 6.32. The minimum atomic E-state index is -0.258. The molecule has 0 bridgehead atoms. The topological polar surface area (TPSA) is 21.3 Å². The van der Waals surface area contributed by atoms with Gasteiger partial charge in [-0.05, 0) is 45.2 Å². The van der Waals surface area contributed by atoms with Gasteiger partial charge in [0.15, 0.2) is 0 Å². The maximum Gasteiger partial charge on any atom is 0.135 e. The fourth-order valence-corrected chi connectivity index (χ4v) is 1.90.